The smallest absolute Gasteiger partial charge is 0.0763 e. The average Bonchev–Trinajstić information content (AvgIpc) is 2.30. The molecule has 0 aliphatic rings. The van der Waals surface area contributed by atoms with E-state index < -0.39 is 0 Å². The molecule has 0 radical (unpaired) electrons. The van der Waals surface area contributed by atoms with Gasteiger partial charge in [-0.05, 0) is 19.9 Å². The lowest BCUT2D eigenvalue weighted by Crippen LogP contribution is -2.01. The van der Waals surface area contributed by atoms with Gasteiger partial charge in [-0.2, -0.15) is 5.10 Å². The highest BCUT2D eigenvalue weighted by molar-refractivity contribution is 5.07. The molecule has 3 nitrogen and oxygen atoms in total. The number of rotatable bonds is 2. The van der Waals surface area contributed by atoms with Crippen LogP contribution in [0, 0.1) is 6.92 Å². The van der Waals surface area contributed by atoms with Crippen molar-refractivity contribution in [3.05, 3.63) is 17.5 Å². The summed E-state index contributed by atoms with van der Waals surface area (Å²) in [6, 6.07) is 2.02. The van der Waals surface area contributed by atoms with Gasteiger partial charge in [0.25, 0.3) is 0 Å². The van der Waals surface area contributed by atoms with Crippen LogP contribution in [0.15, 0.2) is 6.07 Å². The fourth-order valence-electron chi connectivity index (χ4n) is 0.998. The van der Waals surface area contributed by atoms with Crippen molar-refractivity contribution in [1.82, 2.24) is 9.78 Å². The molecule has 0 spiro atoms. The fraction of sp³-hybridized carbons (Fsp3) is 0.571. The number of nitrogens with zero attached hydrogens (tertiary/aromatic N) is 2. The Morgan fingerprint density at radius 3 is 2.70 bits per heavy atom. The standard InChI is InChI=1S/C7H13N3/c1-3-10-6(2)4-7(5-8)9-10/h4H,3,5,8H2,1-2H3. The lowest BCUT2D eigenvalue weighted by molar-refractivity contribution is 0.629. The lowest BCUT2D eigenvalue weighted by Gasteiger charge is -1.95. The van der Waals surface area contributed by atoms with Crippen molar-refractivity contribution in [3.63, 3.8) is 0 Å². The van der Waals surface area contributed by atoms with Gasteiger partial charge in [0.2, 0.25) is 0 Å². The highest BCUT2D eigenvalue weighted by atomic mass is 15.3. The third kappa shape index (κ3) is 1.19. The fourth-order valence-corrected chi connectivity index (χ4v) is 0.998. The average molecular weight is 139 g/mol. The molecule has 0 atom stereocenters. The number of hydrogen-bond acceptors (Lipinski definition) is 2. The summed E-state index contributed by atoms with van der Waals surface area (Å²) in [5.41, 5.74) is 7.57. The maximum Gasteiger partial charge on any atom is 0.0763 e. The van der Waals surface area contributed by atoms with E-state index in [9.17, 15) is 0 Å². The van der Waals surface area contributed by atoms with Crippen molar-refractivity contribution in [1.29, 1.82) is 0 Å². The van der Waals surface area contributed by atoms with Crippen LogP contribution in [0.5, 0.6) is 0 Å². The molecule has 2 N–H and O–H groups in total. The summed E-state index contributed by atoms with van der Waals surface area (Å²) in [6.45, 7) is 5.57. The second-order valence-electron chi connectivity index (χ2n) is 2.30. The Balaban J connectivity index is 2.92. The van der Waals surface area contributed by atoms with Gasteiger partial charge in [0.15, 0.2) is 0 Å². The predicted molar refractivity (Wildman–Crippen MR) is 40.5 cm³/mol. The first-order valence-corrected chi connectivity index (χ1v) is 3.51. The number of aromatic nitrogens is 2. The quantitative estimate of drug-likeness (QED) is 0.654. The molecule has 0 aliphatic heterocycles. The first-order chi connectivity index (χ1) is 4.77. The van der Waals surface area contributed by atoms with Crippen LogP contribution in [0.2, 0.25) is 0 Å². The van der Waals surface area contributed by atoms with E-state index in [1.54, 1.807) is 0 Å². The Bertz CT molecular complexity index is 215. The minimum Gasteiger partial charge on any atom is -0.325 e. The van der Waals surface area contributed by atoms with Crippen molar-refractivity contribution in [2.45, 2.75) is 26.9 Å². The van der Waals surface area contributed by atoms with E-state index in [4.69, 9.17) is 5.73 Å². The van der Waals surface area contributed by atoms with Crippen LogP contribution in [0.3, 0.4) is 0 Å². The van der Waals surface area contributed by atoms with E-state index in [0.717, 1.165) is 12.2 Å². The molecule has 0 amide bonds. The van der Waals surface area contributed by atoms with Crippen LogP contribution in [-0.2, 0) is 13.1 Å². The molecular weight excluding hydrogens is 126 g/mol. The molecule has 0 saturated carbocycles. The van der Waals surface area contributed by atoms with Crippen LogP contribution in [-0.4, -0.2) is 9.78 Å². The van der Waals surface area contributed by atoms with Gasteiger partial charge < -0.3 is 5.73 Å². The summed E-state index contributed by atoms with van der Waals surface area (Å²) < 4.78 is 1.95. The van der Waals surface area contributed by atoms with Gasteiger partial charge in [-0.3, -0.25) is 4.68 Å². The maximum absolute atomic E-state index is 5.41. The van der Waals surface area contributed by atoms with Crippen LogP contribution in [0.1, 0.15) is 18.3 Å². The SMILES string of the molecule is CCn1nc(CN)cc1C. The molecule has 10 heavy (non-hydrogen) atoms. The summed E-state index contributed by atoms with van der Waals surface area (Å²) in [5.74, 6) is 0. The van der Waals surface area contributed by atoms with Crippen molar-refractivity contribution in [2.24, 2.45) is 5.73 Å². The van der Waals surface area contributed by atoms with E-state index in [-0.39, 0.29) is 0 Å². The molecule has 3 heteroatoms. The Morgan fingerprint density at radius 1 is 1.70 bits per heavy atom. The van der Waals surface area contributed by atoms with Crippen molar-refractivity contribution in [3.8, 4) is 0 Å². The zero-order chi connectivity index (χ0) is 7.56. The highest BCUT2D eigenvalue weighted by Gasteiger charge is 1.98. The molecule has 1 aromatic heterocycles. The van der Waals surface area contributed by atoms with Gasteiger partial charge >= 0.3 is 0 Å². The third-order valence-corrected chi connectivity index (χ3v) is 1.54. The molecule has 0 bridgehead atoms. The molecule has 0 aliphatic carbocycles. The van der Waals surface area contributed by atoms with Gasteiger partial charge in [0, 0.05) is 18.8 Å². The zero-order valence-electron chi connectivity index (χ0n) is 6.46. The van der Waals surface area contributed by atoms with Gasteiger partial charge in [0.05, 0.1) is 5.69 Å². The molecule has 0 fully saturated rings. The van der Waals surface area contributed by atoms with Crippen LogP contribution < -0.4 is 5.73 Å². The lowest BCUT2D eigenvalue weighted by atomic mass is 10.4. The third-order valence-electron chi connectivity index (χ3n) is 1.54. The summed E-state index contributed by atoms with van der Waals surface area (Å²) in [4.78, 5) is 0. The first-order valence-electron chi connectivity index (χ1n) is 3.51. The summed E-state index contributed by atoms with van der Waals surface area (Å²) in [5, 5.41) is 4.24. The monoisotopic (exact) mass is 139 g/mol. The number of aryl methyl sites for hydroxylation is 2. The van der Waals surface area contributed by atoms with Gasteiger partial charge in [-0.1, -0.05) is 0 Å². The van der Waals surface area contributed by atoms with E-state index in [2.05, 4.69) is 12.0 Å². The van der Waals surface area contributed by atoms with E-state index in [1.807, 2.05) is 17.7 Å². The van der Waals surface area contributed by atoms with E-state index in [0.29, 0.717) is 6.54 Å². The van der Waals surface area contributed by atoms with E-state index in [1.165, 1.54) is 5.69 Å². The van der Waals surface area contributed by atoms with E-state index >= 15 is 0 Å². The van der Waals surface area contributed by atoms with Gasteiger partial charge in [-0.25, -0.2) is 0 Å². The second-order valence-corrected chi connectivity index (χ2v) is 2.30. The largest absolute Gasteiger partial charge is 0.325 e. The first kappa shape index (κ1) is 7.28. The van der Waals surface area contributed by atoms with Crippen LogP contribution in [0.25, 0.3) is 0 Å². The molecule has 56 valence electrons. The Kier molecular flexibility index (Phi) is 2.06. The maximum atomic E-state index is 5.41. The molecule has 1 aromatic rings. The molecule has 0 unspecified atom stereocenters. The minimum atomic E-state index is 0.536. The van der Waals surface area contributed by atoms with Crippen LogP contribution >= 0.6 is 0 Å². The molecule has 0 saturated heterocycles. The second kappa shape index (κ2) is 2.84. The Hall–Kier alpha value is -0.830. The van der Waals surface area contributed by atoms with Gasteiger partial charge in [0.1, 0.15) is 0 Å². The Labute approximate surface area is 60.8 Å². The van der Waals surface area contributed by atoms with Crippen molar-refractivity contribution in [2.75, 3.05) is 0 Å². The summed E-state index contributed by atoms with van der Waals surface area (Å²) in [6.07, 6.45) is 0. The molecular formula is C7H13N3. The number of hydrogen-bond donors (Lipinski definition) is 1. The van der Waals surface area contributed by atoms with Gasteiger partial charge in [-0.15, -0.1) is 0 Å². The normalized spacial score (nSPS) is 10.3. The van der Waals surface area contributed by atoms with Crippen molar-refractivity contribution < 1.29 is 0 Å². The van der Waals surface area contributed by atoms with Crippen molar-refractivity contribution >= 4 is 0 Å². The minimum absolute atomic E-state index is 0.536. The molecule has 1 rings (SSSR count). The highest BCUT2D eigenvalue weighted by Crippen LogP contribution is 2.00. The topological polar surface area (TPSA) is 43.8 Å². The predicted octanol–water partition coefficient (Wildman–Crippen LogP) is 0.670. The zero-order valence-corrected chi connectivity index (χ0v) is 6.46. The summed E-state index contributed by atoms with van der Waals surface area (Å²) in [7, 11) is 0. The van der Waals surface area contributed by atoms with Crippen LogP contribution in [0.4, 0.5) is 0 Å². The molecule has 0 aromatic carbocycles. The summed E-state index contributed by atoms with van der Waals surface area (Å²) >= 11 is 0. The Morgan fingerprint density at radius 2 is 2.40 bits per heavy atom. The molecule has 1 heterocycles. The number of nitrogens with two attached hydrogens (primary N) is 1.